The van der Waals surface area contributed by atoms with Crippen molar-refractivity contribution in [3.05, 3.63) is 54.1 Å². The Hall–Kier alpha value is -2.29. The van der Waals surface area contributed by atoms with Crippen molar-refractivity contribution < 1.29 is 14.3 Å². The third-order valence-electron chi connectivity index (χ3n) is 2.80. The molecule has 0 radical (unpaired) electrons. The first-order chi connectivity index (χ1) is 9.24. The Labute approximate surface area is 112 Å². The predicted molar refractivity (Wildman–Crippen MR) is 74.4 cm³/mol. The molecule has 19 heavy (non-hydrogen) atoms. The molecule has 0 aromatic heterocycles. The van der Waals surface area contributed by atoms with Gasteiger partial charge in [-0.2, -0.15) is 0 Å². The van der Waals surface area contributed by atoms with Gasteiger partial charge < -0.3 is 9.47 Å². The first kappa shape index (κ1) is 13.1. The number of rotatable bonds is 4. The van der Waals surface area contributed by atoms with E-state index in [9.17, 15) is 4.79 Å². The van der Waals surface area contributed by atoms with Crippen LogP contribution in [0, 0.1) is 0 Å². The monoisotopic (exact) mass is 256 g/mol. The van der Waals surface area contributed by atoms with Gasteiger partial charge in [0.2, 0.25) is 0 Å². The second kappa shape index (κ2) is 6.05. The van der Waals surface area contributed by atoms with E-state index in [0.717, 1.165) is 16.9 Å². The lowest BCUT2D eigenvalue weighted by Crippen LogP contribution is -2.04. The molecule has 0 unspecified atom stereocenters. The molecule has 0 heterocycles. The van der Waals surface area contributed by atoms with Crippen LogP contribution in [0.2, 0.25) is 0 Å². The standard InChI is InChI=1S/C16H16O3/c1-3-19-16(17)14-6-4-5-13(11-14)12-7-9-15(18-2)10-8-12/h4-11H,3H2,1-2H3. The number of ether oxygens (including phenoxy) is 2. The van der Waals surface area contributed by atoms with E-state index in [1.165, 1.54) is 0 Å². The zero-order valence-corrected chi connectivity index (χ0v) is 11.1. The average molecular weight is 256 g/mol. The largest absolute Gasteiger partial charge is 0.497 e. The molecule has 0 spiro atoms. The predicted octanol–water partition coefficient (Wildman–Crippen LogP) is 3.54. The summed E-state index contributed by atoms with van der Waals surface area (Å²) in [5.41, 5.74) is 2.58. The van der Waals surface area contributed by atoms with Crippen molar-refractivity contribution in [3.8, 4) is 16.9 Å². The highest BCUT2D eigenvalue weighted by molar-refractivity contribution is 5.91. The quantitative estimate of drug-likeness (QED) is 0.785. The van der Waals surface area contributed by atoms with Crippen LogP contribution in [0.1, 0.15) is 17.3 Å². The highest BCUT2D eigenvalue weighted by Gasteiger charge is 2.07. The van der Waals surface area contributed by atoms with Crippen molar-refractivity contribution in [1.82, 2.24) is 0 Å². The highest BCUT2D eigenvalue weighted by atomic mass is 16.5. The van der Waals surface area contributed by atoms with E-state index in [4.69, 9.17) is 9.47 Å². The molecule has 0 aliphatic carbocycles. The van der Waals surface area contributed by atoms with Gasteiger partial charge in [0.05, 0.1) is 19.3 Å². The molecule has 0 atom stereocenters. The number of methoxy groups -OCH3 is 1. The van der Waals surface area contributed by atoms with Gasteiger partial charge in [0.1, 0.15) is 5.75 Å². The normalized spacial score (nSPS) is 10.0. The van der Waals surface area contributed by atoms with Gasteiger partial charge in [-0.15, -0.1) is 0 Å². The summed E-state index contributed by atoms with van der Waals surface area (Å²) in [5, 5.41) is 0. The maximum atomic E-state index is 11.7. The van der Waals surface area contributed by atoms with Crippen LogP contribution in [-0.4, -0.2) is 19.7 Å². The van der Waals surface area contributed by atoms with Gasteiger partial charge in [-0.3, -0.25) is 0 Å². The van der Waals surface area contributed by atoms with Gasteiger partial charge in [0, 0.05) is 0 Å². The molecular formula is C16H16O3. The van der Waals surface area contributed by atoms with Gasteiger partial charge in [0.25, 0.3) is 0 Å². The first-order valence-electron chi connectivity index (χ1n) is 6.16. The number of hydrogen-bond donors (Lipinski definition) is 0. The Bertz CT molecular complexity index is 558. The fraction of sp³-hybridized carbons (Fsp3) is 0.188. The van der Waals surface area contributed by atoms with E-state index < -0.39 is 0 Å². The molecule has 0 fully saturated rings. The molecule has 0 N–H and O–H groups in total. The average Bonchev–Trinajstić information content (AvgIpc) is 2.48. The summed E-state index contributed by atoms with van der Waals surface area (Å²) in [6, 6.07) is 15.1. The Morgan fingerprint density at radius 3 is 2.42 bits per heavy atom. The number of carbonyl (C=O) groups excluding carboxylic acids is 1. The van der Waals surface area contributed by atoms with Crippen molar-refractivity contribution in [3.63, 3.8) is 0 Å². The van der Waals surface area contributed by atoms with Crippen LogP contribution in [0.3, 0.4) is 0 Å². The van der Waals surface area contributed by atoms with Gasteiger partial charge in [-0.1, -0.05) is 24.3 Å². The molecule has 0 amide bonds. The molecule has 0 aliphatic heterocycles. The fourth-order valence-corrected chi connectivity index (χ4v) is 1.82. The minimum Gasteiger partial charge on any atom is -0.497 e. The van der Waals surface area contributed by atoms with Crippen LogP contribution in [0.15, 0.2) is 48.5 Å². The van der Waals surface area contributed by atoms with Crippen molar-refractivity contribution in [2.75, 3.05) is 13.7 Å². The molecule has 2 aromatic rings. The fourth-order valence-electron chi connectivity index (χ4n) is 1.82. The minimum absolute atomic E-state index is 0.294. The van der Waals surface area contributed by atoms with Crippen molar-refractivity contribution >= 4 is 5.97 Å². The highest BCUT2D eigenvalue weighted by Crippen LogP contribution is 2.23. The summed E-state index contributed by atoms with van der Waals surface area (Å²) in [7, 11) is 1.64. The third-order valence-corrected chi connectivity index (χ3v) is 2.80. The molecular weight excluding hydrogens is 240 g/mol. The van der Waals surface area contributed by atoms with Crippen molar-refractivity contribution in [2.45, 2.75) is 6.92 Å². The lowest BCUT2D eigenvalue weighted by molar-refractivity contribution is 0.0526. The number of hydrogen-bond acceptors (Lipinski definition) is 3. The molecule has 3 nitrogen and oxygen atoms in total. The van der Waals surface area contributed by atoms with Crippen LogP contribution >= 0.6 is 0 Å². The Kier molecular flexibility index (Phi) is 4.18. The second-order valence-electron chi connectivity index (χ2n) is 4.03. The minimum atomic E-state index is -0.294. The molecule has 98 valence electrons. The van der Waals surface area contributed by atoms with Gasteiger partial charge in [-0.25, -0.2) is 4.79 Å². The summed E-state index contributed by atoms with van der Waals surface area (Å²) in [5.74, 6) is 0.517. The number of benzene rings is 2. The van der Waals surface area contributed by atoms with E-state index in [2.05, 4.69) is 0 Å². The van der Waals surface area contributed by atoms with E-state index in [1.54, 1.807) is 20.1 Å². The van der Waals surface area contributed by atoms with Crippen molar-refractivity contribution in [1.29, 1.82) is 0 Å². The van der Waals surface area contributed by atoms with Crippen LogP contribution in [0.4, 0.5) is 0 Å². The lowest BCUT2D eigenvalue weighted by Gasteiger charge is -2.06. The first-order valence-corrected chi connectivity index (χ1v) is 6.16. The summed E-state index contributed by atoms with van der Waals surface area (Å²) >= 11 is 0. The summed E-state index contributed by atoms with van der Waals surface area (Å²) in [6.07, 6.45) is 0. The second-order valence-corrected chi connectivity index (χ2v) is 4.03. The third kappa shape index (κ3) is 3.13. The van der Waals surface area contributed by atoms with Crippen LogP contribution in [-0.2, 0) is 4.74 Å². The number of carbonyl (C=O) groups is 1. The van der Waals surface area contributed by atoms with Crippen molar-refractivity contribution in [2.24, 2.45) is 0 Å². The zero-order chi connectivity index (χ0) is 13.7. The Morgan fingerprint density at radius 2 is 1.79 bits per heavy atom. The number of esters is 1. The topological polar surface area (TPSA) is 35.5 Å². The van der Waals surface area contributed by atoms with Crippen LogP contribution < -0.4 is 4.74 Å². The van der Waals surface area contributed by atoms with Gasteiger partial charge in [0.15, 0.2) is 0 Å². The summed E-state index contributed by atoms with van der Waals surface area (Å²) < 4.78 is 10.1. The van der Waals surface area contributed by atoms with Gasteiger partial charge in [-0.05, 0) is 42.3 Å². The lowest BCUT2D eigenvalue weighted by atomic mass is 10.0. The maximum Gasteiger partial charge on any atom is 0.338 e. The Morgan fingerprint density at radius 1 is 1.05 bits per heavy atom. The van der Waals surface area contributed by atoms with Crippen LogP contribution in [0.5, 0.6) is 5.75 Å². The zero-order valence-electron chi connectivity index (χ0n) is 11.1. The molecule has 2 aromatic carbocycles. The van der Waals surface area contributed by atoms with Gasteiger partial charge >= 0.3 is 5.97 Å². The van der Waals surface area contributed by atoms with E-state index in [-0.39, 0.29) is 5.97 Å². The molecule has 0 aliphatic rings. The molecule has 2 rings (SSSR count). The molecule has 0 bridgehead atoms. The SMILES string of the molecule is CCOC(=O)c1cccc(-c2ccc(OC)cc2)c1. The summed E-state index contributed by atoms with van der Waals surface area (Å²) in [6.45, 7) is 2.18. The smallest absolute Gasteiger partial charge is 0.338 e. The Balaban J connectivity index is 2.29. The maximum absolute atomic E-state index is 11.7. The van der Waals surface area contributed by atoms with E-state index in [0.29, 0.717) is 12.2 Å². The van der Waals surface area contributed by atoms with Crippen LogP contribution in [0.25, 0.3) is 11.1 Å². The molecule has 0 saturated heterocycles. The molecule has 0 saturated carbocycles. The summed E-state index contributed by atoms with van der Waals surface area (Å²) in [4.78, 5) is 11.7. The van der Waals surface area contributed by atoms with E-state index in [1.807, 2.05) is 42.5 Å². The molecule has 3 heteroatoms. The van der Waals surface area contributed by atoms with E-state index >= 15 is 0 Å².